The van der Waals surface area contributed by atoms with Crippen molar-refractivity contribution >= 4 is 33.1 Å². The maximum atomic E-state index is 5.90. The first-order chi connectivity index (χ1) is 9.08. The Morgan fingerprint density at radius 3 is 2.47 bits per heavy atom. The van der Waals surface area contributed by atoms with Crippen LogP contribution in [0.3, 0.4) is 0 Å². The van der Waals surface area contributed by atoms with Crippen molar-refractivity contribution in [1.82, 2.24) is 0 Å². The normalized spacial score (nSPS) is 11.9. The molecule has 4 heteroatoms. The van der Waals surface area contributed by atoms with E-state index in [0.717, 1.165) is 21.3 Å². The highest BCUT2D eigenvalue weighted by molar-refractivity contribution is 9.10. The Morgan fingerprint density at radius 1 is 1.21 bits per heavy atom. The summed E-state index contributed by atoms with van der Waals surface area (Å²) >= 11 is 8.41. The van der Waals surface area contributed by atoms with Gasteiger partial charge < -0.3 is 10.5 Å². The predicted octanol–water partition coefficient (Wildman–Crippen LogP) is 4.22. The SMILES string of the molecule is CC(Oc1ccc(C(N)=S)c(Br)c1)c1ccccc1. The third-order valence-electron chi connectivity index (χ3n) is 2.79. The van der Waals surface area contributed by atoms with Gasteiger partial charge >= 0.3 is 0 Å². The first-order valence-electron chi connectivity index (χ1n) is 5.89. The van der Waals surface area contributed by atoms with Crippen LogP contribution in [0.1, 0.15) is 24.2 Å². The van der Waals surface area contributed by atoms with Crippen molar-refractivity contribution in [3.8, 4) is 5.75 Å². The molecule has 19 heavy (non-hydrogen) atoms. The number of halogens is 1. The van der Waals surface area contributed by atoms with Crippen LogP contribution in [0.5, 0.6) is 5.75 Å². The van der Waals surface area contributed by atoms with Crippen LogP contribution in [0.25, 0.3) is 0 Å². The van der Waals surface area contributed by atoms with Gasteiger partial charge in [-0.05, 0) is 46.6 Å². The van der Waals surface area contributed by atoms with Gasteiger partial charge in [0.25, 0.3) is 0 Å². The van der Waals surface area contributed by atoms with Crippen LogP contribution >= 0.6 is 28.1 Å². The topological polar surface area (TPSA) is 35.2 Å². The standard InChI is InChI=1S/C15H14BrNOS/c1-10(11-5-3-2-4-6-11)18-12-7-8-13(15(17)19)14(16)9-12/h2-10H,1H3,(H2,17,19). The number of benzene rings is 2. The number of thiocarbonyl (C=S) groups is 1. The summed E-state index contributed by atoms with van der Waals surface area (Å²) in [7, 11) is 0. The largest absolute Gasteiger partial charge is 0.486 e. The molecule has 2 aromatic rings. The molecule has 0 amide bonds. The first kappa shape index (κ1) is 14.0. The van der Waals surface area contributed by atoms with Gasteiger partial charge in [0.1, 0.15) is 16.8 Å². The summed E-state index contributed by atoms with van der Waals surface area (Å²) in [6.07, 6.45) is -0.0104. The second kappa shape index (κ2) is 6.17. The van der Waals surface area contributed by atoms with Crippen LogP contribution in [0, 0.1) is 0 Å². The lowest BCUT2D eigenvalue weighted by molar-refractivity contribution is 0.227. The molecule has 98 valence electrons. The Balaban J connectivity index is 2.16. The van der Waals surface area contributed by atoms with E-state index in [4.69, 9.17) is 22.7 Å². The summed E-state index contributed by atoms with van der Waals surface area (Å²) in [4.78, 5) is 0.370. The van der Waals surface area contributed by atoms with Crippen molar-refractivity contribution in [3.63, 3.8) is 0 Å². The Morgan fingerprint density at radius 2 is 1.89 bits per heavy atom. The summed E-state index contributed by atoms with van der Waals surface area (Å²) in [5.74, 6) is 0.781. The van der Waals surface area contributed by atoms with Gasteiger partial charge in [-0.25, -0.2) is 0 Å². The number of hydrogen-bond acceptors (Lipinski definition) is 2. The fourth-order valence-corrected chi connectivity index (χ4v) is 2.65. The number of nitrogens with two attached hydrogens (primary N) is 1. The lowest BCUT2D eigenvalue weighted by Gasteiger charge is -2.16. The first-order valence-corrected chi connectivity index (χ1v) is 7.09. The summed E-state index contributed by atoms with van der Waals surface area (Å²) in [6.45, 7) is 2.02. The van der Waals surface area contributed by atoms with Crippen molar-refractivity contribution < 1.29 is 4.74 Å². The van der Waals surface area contributed by atoms with Gasteiger partial charge in [-0.1, -0.05) is 42.5 Å². The van der Waals surface area contributed by atoms with Crippen molar-refractivity contribution in [2.45, 2.75) is 13.0 Å². The molecule has 2 nitrogen and oxygen atoms in total. The van der Waals surface area contributed by atoms with Gasteiger partial charge in [0, 0.05) is 10.0 Å². The zero-order chi connectivity index (χ0) is 13.8. The Bertz CT molecular complexity index is 586. The summed E-state index contributed by atoms with van der Waals surface area (Å²) in [5.41, 5.74) is 7.57. The van der Waals surface area contributed by atoms with Gasteiger partial charge in [0.15, 0.2) is 0 Å². The smallest absolute Gasteiger partial charge is 0.121 e. The molecule has 0 saturated carbocycles. The highest BCUT2D eigenvalue weighted by Crippen LogP contribution is 2.27. The summed E-state index contributed by atoms with van der Waals surface area (Å²) < 4.78 is 6.75. The van der Waals surface area contributed by atoms with E-state index >= 15 is 0 Å². The van der Waals surface area contributed by atoms with Crippen molar-refractivity contribution in [2.75, 3.05) is 0 Å². The van der Waals surface area contributed by atoms with Crippen molar-refractivity contribution in [1.29, 1.82) is 0 Å². The van der Waals surface area contributed by atoms with Crippen LogP contribution in [0.2, 0.25) is 0 Å². The Hall–Kier alpha value is -1.39. The van der Waals surface area contributed by atoms with Gasteiger partial charge in [-0.3, -0.25) is 0 Å². The summed E-state index contributed by atoms with van der Waals surface area (Å²) in [6, 6.07) is 15.7. The van der Waals surface area contributed by atoms with E-state index in [1.54, 1.807) is 0 Å². The van der Waals surface area contributed by atoms with E-state index < -0.39 is 0 Å². The number of rotatable bonds is 4. The van der Waals surface area contributed by atoms with E-state index in [1.165, 1.54) is 0 Å². The molecule has 0 bridgehead atoms. The third kappa shape index (κ3) is 3.55. The van der Waals surface area contributed by atoms with Crippen LogP contribution < -0.4 is 10.5 Å². The van der Waals surface area contributed by atoms with Crippen LogP contribution in [0.15, 0.2) is 53.0 Å². The van der Waals surface area contributed by atoms with Crippen LogP contribution in [-0.2, 0) is 0 Å². The average Bonchev–Trinajstić information content (AvgIpc) is 2.39. The van der Waals surface area contributed by atoms with Crippen LogP contribution in [-0.4, -0.2) is 4.99 Å². The molecule has 0 aliphatic heterocycles. The molecule has 1 unspecified atom stereocenters. The minimum atomic E-state index is -0.0104. The molecule has 2 N–H and O–H groups in total. The molecular formula is C15H14BrNOS. The van der Waals surface area contributed by atoms with Crippen molar-refractivity contribution in [2.24, 2.45) is 5.73 Å². The molecule has 0 aliphatic rings. The zero-order valence-electron chi connectivity index (χ0n) is 10.5. The fraction of sp³-hybridized carbons (Fsp3) is 0.133. The molecule has 0 radical (unpaired) electrons. The Labute approximate surface area is 126 Å². The van der Waals surface area contributed by atoms with E-state index in [0.29, 0.717) is 4.99 Å². The number of hydrogen-bond donors (Lipinski definition) is 1. The quantitative estimate of drug-likeness (QED) is 0.849. The zero-order valence-corrected chi connectivity index (χ0v) is 12.9. The molecule has 0 aliphatic carbocycles. The van der Waals surface area contributed by atoms with Crippen LogP contribution in [0.4, 0.5) is 0 Å². The van der Waals surface area contributed by atoms with E-state index in [2.05, 4.69) is 15.9 Å². The molecule has 1 atom stereocenters. The van der Waals surface area contributed by atoms with E-state index in [9.17, 15) is 0 Å². The number of ether oxygens (including phenoxy) is 1. The van der Waals surface area contributed by atoms with Gasteiger partial charge in [0.2, 0.25) is 0 Å². The minimum Gasteiger partial charge on any atom is -0.486 e. The highest BCUT2D eigenvalue weighted by atomic mass is 79.9. The van der Waals surface area contributed by atoms with Gasteiger partial charge in [-0.15, -0.1) is 0 Å². The maximum Gasteiger partial charge on any atom is 0.121 e. The monoisotopic (exact) mass is 335 g/mol. The van der Waals surface area contributed by atoms with E-state index in [-0.39, 0.29) is 6.10 Å². The minimum absolute atomic E-state index is 0.0104. The molecule has 0 heterocycles. The summed E-state index contributed by atoms with van der Waals surface area (Å²) in [5, 5.41) is 0. The fourth-order valence-electron chi connectivity index (χ4n) is 1.77. The second-order valence-corrected chi connectivity index (χ2v) is 5.47. The van der Waals surface area contributed by atoms with Crippen molar-refractivity contribution in [3.05, 3.63) is 64.1 Å². The molecule has 0 saturated heterocycles. The van der Waals surface area contributed by atoms with E-state index in [1.807, 2.05) is 55.5 Å². The predicted molar refractivity (Wildman–Crippen MR) is 85.5 cm³/mol. The molecule has 0 fully saturated rings. The second-order valence-electron chi connectivity index (χ2n) is 4.18. The average molecular weight is 336 g/mol. The molecule has 2 aromatic carbocycles. The lowest BCUT2D eigenvalue weighted by atomic mass is 10.1. The highest BCUT2D eigenvalue weighted by Gasteiger charge is 2.09. The Kier molecular flexibility index (Phi) is 4.56. The van der Waals surface area contributed by atoms with Gasteiger partial charge in [-0.2, -0.15) is 0 Å². The molecule has 0 spiro atoms. The molecule has 2 rings (SSSR count). The lowest BCUT2D eigenvalue weighted by Crippen LogP contribution is -2.10. The van der Waals surface area contributed by atoms with Gasteiger partial charge in [0.05, 0.1) is 0 Å². The third-order valence-corrected chi connectivity index (χ3v) is 3.66. The maximum absolute atomic E-state index is 5.90. The molecule has 0 aromatic heterocycles. The molecular weight excluding hydrogens is 322 g/mol.